The van der Waals surface area contributed by atoms with Crippen LogP contribution in [0.15, 0.2) is 18.2 Å². The second kappa shape index (κ2) is 4.62. The minimum atomic E-state index is 0.578. The highest BCUT2D eigenvalue weighted by Crippen LogP contribution is 2.30. The molecule has 0 fully saturated rings. The maximum atomic E-state index is 6.12. The lowest BCUT2D eigenvalue weighted by atomic mass is 10.1. The van der Waals surface area contributed by atoms with Gasteiger partial charge in [0, 0.05) is 11.3 Å². The van der Waals surface area contributed by atoms with Crippen LogP contribution in [-0.4, -0.2) is 4.98 Å². The molecule has 0 aliphatic heterocycles. The molecule has 0 aliphatic carbocycles. The van der Waals surface area contributed by atoms with Crippen LogP contribution >= 0.6 is 34.5 Å². The van der Waals surface area contributed by atoms with E-state index in [9.17, 15) is 0 Å². The Bertz CT molecular complexity index is 523. The van der Waals surface area contributed by atoms with Crippen LogP contribution in [0.25, 0.3) is 0 Å². The Labute approximate surface area is 108 Å². The van der Waals surface area contributed by atoms with Gasteiger partial charge in [0.2, 0.25) is 0 Å². The Morgan fingerprint density at radius 2 is 2.12 bits per heavy atom. The van der Waals surface area contributed by atoms with Crippen LogP contribution in [0.1, 0.15) is 16.1 Å². The average molecular weight is 273 g/mol. The Morgan fingerprint density at radius 1 is 1.38 bits per heavy atom. The third kappa shape index (κ3) is 2.32. The Morgan fingerprint density at radius 3 is 2.75 bits per heavy atom. The summed E-state index contributed by atoms with van der Waals surface area (Å²) < 4.78 is 0. The first kappa shape index (κ1) is 11.7. The molecule has 0 saturated heterocycles. The third-order valence-electron chi connectivity index (χ3n) is 2.29. The van der Waals surface area contributed by atoms with Gasteiger partial charge in [0.05, 0.1) is 15.7 Å². The fourth-order valence-electron chi connectivity index (χ4n) is 1.47. The zero-order valence-electron chi connectivity index (χ0n) is 8.63. The van der Waals surface area contributed by atoms with Crippen molar-refractivity contribution >= 4 is 39.7 Å². The number of nitrogens with zero attached hydrogens (tertiary/aromatic N) is 1. The number of nitrogens with two attached hydrogens (primary N) is 1. The Hall–Kier alpha value is -0.770. The van der Waals surface area contributed by atoms with E-state index in [-0.39, 0.29) is 0 Å². The predicted molar refractivity (Wildman–Crippen MR) is 70.5 cm³/mol. The molecule has 0 radical (unpaired) electrons. The molecule has 1 heterocycles. The number of benzene rings is 1. The zero-order valence-corrected chi connectivity index (χ0v) is 11.0. The molecule has 2 nitrogen and oxygen atoms in total. The number of rotatable bonds is 2. The normalized spacial score (nSPS) is 10.7. The van der Waals surface area contributed by atoms with Gasteiger partial charge in [0.25, 0.3) is 0 Å². The lowest BCUT2D eigenvalue weighted by Gasteiger charge is -2.04. The highest BCUT2D eigenvalue weighted by molar-refractivity contribution is 7.15. The molecule has 0 aliphatic rings. The minimum absolute atomic E-state index is 0.578. The molecule has 0 amide bonds. The van der Waals surface area contributed by atoms with Crippen molar-refractivity contribution in [1.29, 1.82) is 0 Å². The number of anilines is 1. The summed E-state index contributed by atoms with van der Waals surface area (Å²) in [4.78, 5) is 5.31. The van der Waals surface area contributed by atoms with E-state index in [1.807, 2.05) is 19.1 Å². The summed E-state index contributed by atoms with van der Waals surface area (Å²) in [6.45, 7) is 1.95. The van der Waals surface area contributed by atoms with Crippen molar-refractivity contribution in [3.05, 3.63) is 44.4 Å². The van der Waals surface area contributed by atoms with Gasteiger partial charge in [-0.2, -0.15) is 0 Å². The molecule has 1 aromatic heterocycles. The summed E-state index contributed by atoms with van der Waals surface area (Å²) >= 11 is 13.6. The molecule has 0 saturated carbocycles. The van der Waals surface area contributed by atoms with Crippen molar-refractivity contribution in [3.63, 3.8) is 0 Å². The summed E-state index contributed by atoms with van der Waals surface area (Å²) in [5.74, 6) is 0. The first-order valence-electron chi connectivity index (χ1n) is 4.72. The van der Waals surface area contributed by atoms with Crippen LogP contribution in [0.5, 0.6) is 0 Å². The van der Waals surface area contributed by atoms with E-state index in [0.717, 1.165) is 22.6 Å². The lowest BCUT2D eigenvalue weighted by Crippen LogP contribution is -1.89. The van der Waals surface area contributed by atoms with Crippen molar-refractivity contribution in [2.24, 2.45) is 0 Å². The quantitative estimate of drug-likeness (QED) is 0.900. The molecular weight excluding hydrogens is 263 g/mol. The van der Waals surface area contributed by atoms with Crippen LogP contribution < -0.4 is 5.73 Å². The predicted octanol–water partition coefficient (Wildman–Crippen LogP) is 3.93. The first-order chi connectivity index (χ1) is 7.58. The summed E-state index contributed by atoms with van der Waals surface area (Å²) in [6, 6.07) is 5.63. The lowest BCUT2D eigenvalue weighted by molar-refractivity contribution is 1.15. The van der Waals surface area contributed by atoms with E-state index in [4.69, 9.17) is 28.9 Å². The van der Waals surface area contributed by atoms with Gasteiger partial charge in [-0.1, -0.05) is 35.3 Å². The van der Waals surface area contributed by atoms with Crippen LogP contribution in [0.2, 0.25) is 10.0 Å². The molecule has 0 unspecified atom stereocenters. The fraction of sp³-hybridized carbons (Fsp3) is 0.182. The van der Waals surface area contributed by atoms with Crippen LogP contribution in [0, 0.1) is 6.92 Å². The highest BCUT2D eigenvalue weighted by atomic mass is 35.5. The molecule has 0 atom stereocenters. The van der Waals surface area contributed by atoms with E-state index < -0.39 is 0 Å². The molecule has 1 aromatic carbocycles. The Kier molecular flexibility index (Phi) is 3.38. The molecule has 16 heavy (non-hydrogen) atoms. The van der Waals surface area contributed by atoms with Crippen LogP contribution in [0.4, 0.5) is 5.13 Å². The van der Waals surface area contributed by atoms with Crippen LogP contribution in [-0.2, 0) is 6.42 Å². The van der Waals surface area contributed by atoms with Gasteiger partial charge in [-0.15, -0.1) is 11.3 Å². The number of hydrogen-bond donors (Lipinski definition) is 1. The summed E-state index contributed by atoms with van der Waals surface area (Å²) in [5, 5.41) is 1.77. The SMILES string of the molecule is Cc1nc(N)sc1Cc1cccc(Cl)c1Cl. The van der Waals surface area contributed by atoms with E-state index in [0.29, 0.717) is 15.2 Å². The molecular formula is C11H10Cl2N2S. The number of aromatic nitrogens is 1. The minimum Gasteiger partial charge on any atom is -0.375 e. The Balaban J connectivity index is 2.34. The third-order valence-corrected chi connectivity index (χ3v) is 4.14. The summed E-state index contributed by atoms with van der Waals surface area (Å²) in [6.07, 6.45) is 0.722. The van der Waals surface area contributed by atoms with Crippen molar-refractivity contribution in [3.8, 4) is 0 Å². The van der Waals surface area contributed by atoms with E-state index in [2.05, 4.69) is 4.98 Å². The molecule has 2 rings (SSSR count). The topological polar surface area (TPSA) is 38.9 Å². The van der Waals surface area contributed by atoms with Crippen molar-refractivity contribution < 1.29 is 0 Å². The monoisotopic (exact) mass is 272 g/mol. The van der Waals surface area contributed by atoms with Gasteiger partial charge < -0.3 is 5.73 Å². The number of hydrogen-bond acceptors (Lipinski definition) is 3. The fourth-order valence-corrected chi connectivity index (χ4v) is 2.72. The van der Waals surface area contributed by atoms with Gasteiger partial charge in [0.1, 0.15) is 0 Å². The number of halogens is 2. The highest BCUT2D eigenvalue weighted by Gasteiger charge is 2.10. The molecule has 84 valence electrons. The largest absolute Gasteiger partial charge is 0.375 e. The van der Waals surface area contributed by atoms with E-state index >= 15 is 0 Å². The van der Waals surface area contributed by atoms with Gasteiger partial charge in [-0.3, -0.25) is 0 Å². The average Bonchev–Trinajstić information content (AvgIpc) is 2.53. The van der Waals surface area contributed by atoms with Crippen molar-refractivity contribution in [1.82, 2.24) is 4.98 Å². The number of aryl methyl sites for hydroxylation is 1. The number of nitrogen functional groups attached to an aromatic ring is 1. The van der Waals surface area contributed by atoms with Gasteiger partial charge in [-0.05, 0) is 18.6 Å². The second-order valence-corrected chi connectivity index (χ2v) is 5.35. The summed E-state index contributed by atoms with van der Waals surface area (Å²) in [5.41, 5.74) is 7.61. The number of thiazole rings is 1. The van der Waals surface area contributed by atoms with E-state index in [1.165, 1.54) is 11.3 Å². The summed E-state index contributed by atoms with van der Waals surface area (Å²) in [7, 11) is 0. The second-order valence-electron chi connectivity index (χ2n) is 3.45. The molecule has 5 heteroatoms. The zero-order chi connectivity index (χ0) is 11.7. The van der Waals surface area contributed by atoms with Crippen molar-refractivity contribution in [2.75, 3.05) is 5.73 Å². The molecule has 2 N–H and O–H groups in total. The molecule has 0 bridgehead atoms. The maximum absolute atomic E-state index is 6.12. The van der Waals surface area contributed by atoms with Gasteiger partial charge in [-0.25, -0.2) is 4.98 Å². The molecule has 0 spiro atoms. The van der Waals surface area contributed by atoms with E-state index in [1.54, 1.807) is 6.07 Å². The van der Waals surface area contributed by atoms with Crippen LogP contribution in [0.3, 0.4) is 0 Å². The van der Waals surface area contributed by atoms with Crippen molar-refractivity contribution in [2.45, 2.75) is 13.3 Å². The van der Waals surface area contributed by atoms with Gasteiger partial charge in [0.15, 0.2) is 5.13 Å². The molecule has 2 aromatic rings. The first-order valence-corrected chi connectivity index (χ1v) is 6.30. The van der Waals surface area contributed by atoms with Gasteiger partial charge >= 0.3 is 0 Å². The smallest absolute Gasteiger partial charge is 0.180 e. The standard InChI is InChI=1S/C11H10Cl2N2S/c1-6-9(16-11(14)15-6)5-7-3-2-4-8(12)10(7)13/h2-4H,5H2,1H3,(H2,14,15). The maximum Gasteiger partial charge on any atom is 0.180 e.